The third-order valence-electron chi connectivity index (χ3n) is 6.25. The minimum Gasteiger partial charge on any atom is -0.395 e. The van der Waals surface area contributed by atoms with Crippen LogP contribution >= 0.6 is 0 Å². The summed E-state index contributed by atoms with van der Waals surface area (Å²) < 4.78 is 0. The fourth-order valence-electron chi connectivity index (χ4n) is 4.29. The lowest BCUT2D eigenvalue weighted by atomic mass is 9.95. The Balaban J connectivity index is 1.56. The Labute approximate surface area is 191 Å². The van der Waals surface area contributed by atoms with Crippen molar-refractivity contribution in [2.75, 3.05) is 31.6 Å². The lowest BCUT2D eigenvalue weighted by Gasteiger charge is -2.36. The highest BCUT2D eigenvalue weighted by atomic mass is 16.3. The zero-order chi connectivity index (χ0) is 22.9. The SMILES string of the molecule is CC(C)C(CO)N(CC(=O)N1CCC(C(=O)Nc2ccccc2)CC1)Cc1ccccc1. The van der Waals surface area contributed by atoms with Gasteiger partial charge in [0.2, 0.25) is 11.8 Å². The summed E-state index contributed by atoms with van der Waals surface area (Å²) in [6.45, 7) is 6.19. The van der Waals surface area contributed by atoms with E-state index in [0.29, 0.717) is 32.5 Å². The molecular weight excluding hydrogens is 402 g/mol. The van der Waals surface area contributed by atoms with Gasteiger partial charge in [0.1, 0.15) is 0 Å². The number of nitrogens with one attached hydrogen (secondary N) is 1. The van der Waals surface area contributed by atoms with Crippen molar-refractivity contribution in [3.05, 3.63) is 66.2 Å². The molecule has 1 unspecified atom stereocenters. The molecular formula is C26H35N3O3. The van der Waals surface area contributed by atoms with Crippen LogP contribution in [0.15, 0.2) is 60.7 Å². The van der Waals surface area contributed by atoms with E-state index in [4.69, 9.17) is 0 Å². The van der Waals surface area contributed by atoms with Crippen molar-refractivity contribution >= 4 is 17.5 Å². The van der Waals surface area contributed by atoms with Gasteiger partial charge in [-0.3, -0.25) is 14.5 Å². The van der Waals surface area contributed by atoms with E-state index in [-0.39, 0.29) is 42.8 Å². The predicted molar refractivity (Wildman–Crippen MR) is 127 cm³/mol. The Morgan fingerprint density at radius 2 is 1.62 bits per heavy atom. The standard InChI is InChI=1S/C26H35N3O3/c1-20(2)24(19-30)29(17-21-9-5-3-6-10-21)18-25(31)28-15-13-22(14-16-28)26(32)27-23-11-7-4-8-12-23/h3-12,20,22,24,30H,13-19H2,1-2H3,(H,27,32). The monoisotopic (exact) mass is 437 g/mol. The number of anilines is 1. The van der Waals surface area contributed by atoms with Gasteiger partial charge in [-0.25, -0.2) is 0 Å². The van der Waals surface area contributed by atoms with Crippen molar-refractivity contribution in [3.8, 4) is 0 Å². The van der Waals surface area contributed by atoms with Gasteiger partial charge >= 0.3 is 0 Å². The van der Waals surface area contributed by atoms with Gasteiger partial charge < -0.3 is 15.3 Å². The van der Waals surface area contributed by atoms with Crippen LogP contribution in [-0.4, -0.2) is 59.0 Å². The summed E-state index contributed by atoms with van der Waals surface area (Å²) in [5.74, 6) is 0.223. The molecule has 32 heavy (non-hydrogen) atoms. The molecule has 2 N–H and O–H groups in total. The van der Waals surface area contributed by atoms with E-state index in [0.717, 1.165) is 11.3 Å². The molecule has 2 amide bonds. The molecule has 0 spiro atoms. The summed E-state index contributed by atoms with van der Waals surface area (Å²) in [5, 5.41) is 12.9. The Kier molecular flexibility index (Phi) is 8.82. The maximum atomic E-state index is 13.1. The molecule has 6 heteroatoms. The average molecular weight is 438 g/mol. The first kappa shape index (κ1) is 24.0. The number of carbonyl (C=O) groups is 2. The molecule has 1 heterocycles. The Bertz CT molecular complexity index is 849. The highest BCUT2D eigenvalue weighted by molar-refractivity contribution is 5.92. The first-order valence-corrected chi connectivity index (χ1v) is 11.5. The number of amides is 2. The number of carbonyl (C=O) groups excluding carboxylic acids is 2. The molecule has 3 rings (SSSR count). The molecule has 172 valence electrons. The van der Waals surface area contributed by atoms with Crippen LogP contribution in [0.25, 0.3) is 0 Å². The van der Waals surface area contributed by atoms with Crippen LogP contribution in [0, 0.1) is 11.8 Å². The fraction of sp³-hybridized carbons (Fsp3) is 0.462. The Morgan fingerprint density at radius 3 is 2.19 bits per heavy atom. The topological polar surface area (TPSA) is 72.9 Å². The minimum atomic E-state index is -0.0895. The van der Waals surface area contributed by atoms with Crippen molar-refractivity contribution in [1.82, 2.24) is 9.80 Å². The summed E-state index contributed by atoms with van der Waals surface area (Å²) in [5.41, 5.74) is 1.92. The molecule has 1 fully saturated rings. The van der Waals surface area contributed by atoms with Crippen LogP contribution in [0.1, 0.15) is 32.3 Å². The van der Waals surface area contributed by atoms with E-state index in [1.165, 1.54) is 0 Å². The number of aliphatic hydroxyl groups is 1. The zero-order valence-corrected chi connectivity index (χ0v) is 19.1. The third kappa shape index (κ3) is 6.65. The fourth-order valence-corrected chi connectivity index (χ4v) is 4.29. The number of para-hydroxylation sites is 1. The second-order valence-corrected chi connectivity index (χ2v) is 8.89. The van der Waals surface area contributed by atoms with Crippen molar-refractivity contribution < 1.29 is 14.7 Å². The highest BCUT2D eigenvalue weighted by Gasteiger charge is 2.30. The van der Waals surface area contributed by atoms with Gasteiger partial charge in [0.05, 0.1) is 13.2 Å². The summed E-state index contributed by atoms with van der Waals surface area (Å²) in [4.78, 5) is 29.6. The second-order valence-electron chi connectivity index (χ2n) is 8.89. The van der Waals surface area contributed by atoms with Gasteiger partial charge in [0.15, 0.2) is 0 Å². The number of benzene rings is 2. The molecule has 1 aliphatic rings. The van der Waals surface area contributed by atoms with Crippen molar-refractivity contribution in [1.29, 1.82) is 0 Å². The molecule has 6 nitrogen and oxygen atoms in total. The molecule has 1 aliphatic heterocycles. The van der Waals surface area contributed by atoms with Gasteiger partial charge in [0.25, 0.3) is 0 Å². The molecule has 0 bridgehead atoms. The smallest absolute Gasteiger partial charge is 0.236 e. The van der Waals surface area contributed by atoms with Crippen molar-refractivity contribution in [2.45, 2.75) is 39.3 Å². The summed E-state index contributed by atoms with van der Waals surface area (Å²) in [6.07, 6.45) is 1.33. The van der Waals surface area contributed by atoms with E-state index in [9.17, 15) is 14.7 Å². The van der Waals surface area contributed by atoms with E-state index < -0.39 is 0 Å². The average Bonchev–Trinajstić information content (AvgIpc) is 2.80. The van der Waals surface area contributed by atoms with Crippen LogP contribution in [0.4, 0.5) is 5.69 Å². The molecule has 1 atom stereocenters. The molecule has 0 aliphatic carbocycles. The third-order valence-corrected chi connectivity index (χ3v) is 6.25. The number of hydrogen-bond donors (Lipinski definition) is 2. The Hall–Kier alpha value is -2.70. The predicted octanol–water partition coefficient (Wildman–Crippen LogP) is 3.38. The largest absolute Gasteiger partial charge is 0.395 e. The maximum absolute atomic E-state index is 13.1. The van der Waals surface area contributed by atoms with Crippen LogP contribution in [0.2, 0.25) is 0 Å². The lowest BCUT2D eigenvalue weighted by molar-refractivity contribution is -0.136. The zero-order valence-electron chi connectivity index (χ0n) is 19.1. The normalized spacial score (nSPS) is 15.7. The molecule has 2 aromatic carbocycles. The number of nitrogens with zero attached hydrogens (tertiary/aromatic N) is 2. The summed E-state index contributed by atoms with van der Waals surface area (Å²) >= 11 is 0. The lowest BCUT2D eigenvalue weighted by Crippen LogP contribution is -2.49. The van der Waals surface area contributed by atoms with Crippen LogP contribution in [-0.2, 0) is 16.1 Å². The summed E-state index contributed by atoms with van der Waals surface area (Å²) in [7, 11) is 0. The molecule has 1 saturated heterocycles. The first-order chi connectivity index (χ1) is 15.5. The highest BCUT2D eigenvalue weighted by Crippen LogP contribution is 2.21. The quantitative estimate of drug-likeness (QED) is 0.631. The van der Waals surface area contributed by atoms with Gasteiger partial charge in [-0.1, -0.05) is 62.4 Å². The van der Waals surface area contributed by atoms with Gasteiger partial charge in [0, 0.05) is 37.3 Å². The van der Waals surface area contributed by atoms with Gasteiger partial charge in [-0.2, -0.15) is 0 Å². The van der Waals surface area contributed by atoms with Crippen molar-refractivity contribution in [3.63, 3.8) is 0 Å². The molecule has 0 radical (unpaired) electrons. The molecule has 0 saturated carbocycles. The minimum absolute atomic E-state index is 0.0134. The van der Waals surface area contributed by atoms with E-state index in [2.05, 4.69) is 24.1 Å². The Morgan fingerprint density at radius 1 is 1.03 bits per heavy atom. The van der Waals surface area contributed by atoms with E-state index in [1.54, 1.807) is 0 Å². The number of likely N-dealkylation sites (tertiary alicyclic amines) is 1. The number of piperidine rings is 1. The summed E-state index contributed by atoms with van der Waals surface area (Å²) in [6, 6.07) is 19.4. The molecule has 2 aromatic rings. The van der Waals surface area contributed by atoms with E-state index >= 15 is 0 Å². The van der Waals surface area contributed by atoms with Crippen LogP contribution in [0.3, 0.4) is 0 Å². The second kappa shape index (κ2) is 11.8. The van der Waals surface area contributed by atoms with Crippen molar-refractivity contribution in [2.24, 2.45) is 11.8 Å². The number of hydrogen-bond acceptors (Lipinski definition) is 4. The number of rotatable bonds is 9. The molecule has 0 aromatic heterocycles. The van der Waals surface area contributed by atoms with E-state index in [1.807, 2.05) is 65.6 Å². The van der Waals surface area contributed by atoms with Crippen LogP contribution in [0.5, 0.6) is 0 Å². The van der Waals surface area contributed by atoms with Gasteiger partial charge in [-0.05, 0) is 36.5 Å². The van der Waals surface area contributed by atoms with Gasteiger partial charge in [-0.15, -0.1) is 0 Å². The maximum Gasteiger partial charge on any atom is 0.236 e. The number of aliphatic hydroxyl groups excluding tert-OH is 1. The first-order valence-electron chi connectivity index (χ1n) is 11.5. The van der Waals surface area contributed by atoms with Crippen LogP contribution < -0.4 is 5.32 Å².